The van der Waals surface area contributed by atoms with Crippen LogP contribution in [0, 0.1) is 12.7 Å². The second-order valence-corrected chi connectivity index (χ2v) is 3.61. The molecule has 0 aliphatic rings. The van der Waals surface area contributed by atoms with Crippen molar-refractivity contribution in [3.05, 3.63) is 36.0 Å². The Kier molecular flexibility index (Phi) is 3.27. The Hall–Kier alpha value is -2.04. The predicted molar refractivity (Wildman–Crippen MR) is 64.1 cm³/mol. The number of nitrogens with one attached hydrogen (secondary N) is 1. The van der Waals surface area contributed by atoms with E-state index in [4.69, 9.17) is 0 Å². The summed E-state index contributed by atoms with van der Waals surface area (Å²) in [5, 5.41) is 2.95. The van der Waals surface area contributed by atoms with Crippen LogP contribution < -0.4 is 5.32 Å². The molecule has 0 fully saturated rings. The van der Waals surface area contributed by atoms with Crippen molar-refractivity contribution in [1.29, 1.82) is 0 Å². The summed E-state index contributed by atoms with van der Waals surface area (Å²) in [4.78, 5) is 12.1. The second-order valence-electron chi connectivity index (χ2n) is 3.61. The third-order valence-corrected chi connectivity index (χ3v) is 2.25. The summed E-state index contributed by atoms with van der Waals surface area (Å²) in [6.07, 6.45) is 2.81. The summed E-state index contributed by atoms with van der Waals surface area (Å²) in [7, 11) is 0. The molecule has 4 nitrogen and oxygen atoms in total. The van der Waals surface area contributed by atoms with E-state index in [1.165, 1.54) is 6.20 Å². The number of hydrogen-bond donors (Lipinski definition) is 1. The molecule has 0 aliphatic heterocycles. The van der Waals surface area contributed by atoms with E-state index in [1.807, 2.05) is 13.8 Å². The standard InChI is InChI=1S/C12H13FN4/c1-3-14-12-16-7-10(13)11(17-12)9-4-5-15-8(2)6-9/h4-7H,3H2,1-2H3,(H,14,16,17). The third-order valence-electron chi connectivity index (χ3n) is 2.25. The number of halogens is 1. The van der Waals surface area contributed by atoms with Gasteiger partial charge in [-0.25, -0.2) is 14.4 Å². The Morgan fingerprint density at radius 3 is 2.88 bits per heavy atom. The van der Waals surface area contributed by atoms with Crippen molar-refractivity contribution in [1.82, 2.24) is 15.0 Å². The lowest BCUT2D eigenvalue weighted by Crippen LogP contribution is -2.04. The molecule has 5 heteroatoms. The smallest absolute Gasteiger partial charge is 0.223 e. The van der Waals surface area contributed by atoms with Gasteiger partial charge in [0.1, 0.15) is 5.69 Å². The fourth-order valence-corrected chi connectivity index (χ4v) is 1.51. The Morgan fingerprint density at radius 1 is 1.35 bits per heavy atom. The van der Waals surface area contributed by atoms with Crippen LogP contribution in [0.25, 0.3) is 11.3 Å². The molecule has 0 aliphatic carbocycles. The Morgan fingerprint density at radius 2 is 2.18 bits per heavy atom. The Balaban J connectivity index is 2.46. The van der Waals surface area contributed by atoms with Crippen molar-refractivity contribution >= 4 is 5.95 Å². The van der Waals surface area contributed by atoms with E-state index >= 15 is 0 Å². The van der Waals surface area contributed by atoms with E-state index in [0.717, 1.165) is 5.69 Å². The minimum atomic E-state index is -0.433. The predicted octanol–water partition coefficient (Wildman–Crippen LogP) is 2.42. The number of aryl methyl sites for hydroxylation is 1. The van der Waals surface area contributed by atoms with Gasteiger partial charge in [0.05, 0.1) is 6.20 Å². The molecule has 2 aromatic heterocycles. The molecule has 17 heavy (non-hydrogen) atoms. The Bertz CT molecular complexity index is 528. The monoisotopic (exact) mass is 232 g/mol. The van der Waals surface area contributed by atoms with Crippen molar-refractivity contribution in [2.45, 2.75) is 13.8 Å². The maximum atomic E-state index is 13.7. The van der Waals surface area contributed by atoms with Gasteiger partial charge < -0.3 is 5.32 Å². The van der Waals surface area contributed by atoms with Crippen LogP contribution in [0.1, 0.15) is 12.6 Å². The molecule has 0 bridgehead atoms. The zero-order valence-corrected chi connectivity index (χ0v) is 9.74. The molecular weight excluding hydrogens is 219 g/mol. The van der Waals surface area contributed by atoms with Gasteiger partial charge in [-0.1, -0.05) is 0 Å². The number of rotatable bonds is 3. The lowest BCUT2D eigenvalue weighted by Gasteiger charge is -2.06. The van der Waals surface area contributed by atoms with Crippen LogP contribution in [-0.4, -0.2) is 21.5 Å². The SMILES string of the molecule is CCNc1ncc(F)c(-c2ccnc(C)c2)n1. The number of hydrogen-bond acceptors (Lipinski definition) is 4. The van der Waals surface area contributed by atoms with Crippen molar-refractivity contribution in [2.24, 2.45) is 0 Å². The van der Waals surface area contributed by atoms with Gasteiger partial charge in [-0.05, 0) is 26.0 Å². The molecule has 2 rings (SSSR count). The van der Waals surface area contributed by atoms with Crippen molar-refractivity contribution in [3.63, 3.8) is 0 Å². The quantitative estimate of drug-likeness (QED) is 0.883. The van der Waals surface area contributed by atoms with Crippen molar-refractivity contribution in [3.8, 4) is 11.3 Å². The molecule has 2 aromatic rings. The van der Waals surface area contributed by atoms with Gasteiger partial charge >= 0.3 is 0 Å². The van der Waals surface area contributed by atoms with Gasteiger partial charge in [0.15, 0.2) is 5.82 Å². The van der Waals surface area contributed by atoms with Gasteiger partial charge in [0, 0.05) is 24.0 Å². The number of anilines is 1. The summed E-state index contributed by atoms with van der Waals surface area (Å²) in [5.74, 6) is -0.00406. The second kappa shape index (κ2) is 4.86. The van der Waals surface area contributed by atoms with E-state index in [1.54, 1.807) is 18.3 Å². The topological polar surface area (TPSA) is 50.7 Å². The highest BCUT2D eigenvalue weighted by Gasteiger charge is 2.09. The molecule has 0 saturated heterocycles. The lowest BCUT2D eigenvalue weighted by molar-refractivity contribution is 0.618. The summed E-state index contributed by atoms with van der Waals surface area (Å²) in [6, 6.07) is 3.52. The minimum Gasteiger partial charge on any atom is -0.354 e. The summed E-state index contributed by atoms with van der Waals surface area (Å²) >= 11 is 0. The number of pyridine rings is 1. The fraction of sp³-hybridized carbons (Fsp3) is 0.250. The van der Waals surface area contributed by atoms with Crippen LogP contribution in [-0.2, 0) is 0 Å². The van der Waals surface area contributed by atoms with Crippen LogP contribution in [0.2, 0.25) is 0 Å². The van der Waals surface area contributed by atoms with Gasteiger partial charge in [-0.2, -0.15) is 0 Å². The first-order valence-corrected chi connectivity index (χ1v) is 5.40. The molecule has 1 N–H and O–H groups in total. The third kappa shape index (κ3) is 2.55. The highest BCUT2D eigenvalue weighted by Crippen LogP contribution is 2.21. The lowest BCUT2D eigenvalue weighted by atomic mass is 10.1. The largest absolute Gasteiger partial charge is 0.354 e. The molecule has 0 atom stereocenters. The minimum absolute atomic E-state index is 0.293. The van der Waals surface area contributed by atoms with Crippen LogP contribution in [0.4, 0.5) is 10.3 Å². The average molecular weight is 232 g/mol. The zero-order valence-electron chi connectivity index (χ0n) is 9.74. The van der Waals surface area contributed by atoms with E-state index in [0.29, 0.717) is 23.8 Å². The highest BCUT2D eigenvalue weighted by atomic mass is 19.1. The first-order chi connectivity index (χ1) is 8.20. The molecule has 0 saturated carbocycles. The number of aromatic nitrogens is 3. The van der Waals surface area contributed by atoms with E-state index in [-0.39, 0.29) is 0 Å². The Labute approximate surface area is 99.0 Å². The molecule has 0 amide bonds. The molecule has 0 radical (unpaired) electrons. The normalized spacial score (nSPS) is 10.3. The molecule has 0 aromatic carbocycles. The zero-order chi connectivity index (χ0) is 12.3. The maximum absolute atomic E-state index is 13.7. The first-order valence-electron chi connectivity index (χ1n) is 5.40. The van der Waals surface area contributed by atoms with Crippen molar-refractivity contribution < 1.29 is 4.39 Å². The van der Waals surface area contributed by atoms with Crippen LogP contribution in [0.3, 0.4) is 0 Å². The van der Waals surface area contributed by atoms with Crippen LogP contribution in [0.15, 0.2) is 24.5 Å². The average Bonchev–Trinajstić information content (AvgIpc) is 2.32. The molecule has 2 heterocycles. The van der Waals surface area contributed by atoms with Crippen LogP contribution in [0.5, 0.6) is 0 Å². The first kappa shape index (κ1) is 11.4. The van der Waals surface area contributed by atoms with E-state index in [9.17, 15) is 4.39 Å². The molecule has 0 spiro atoms. The van der Waals surface area contributed by atoms with E-state index in [2.05, 4.69) is 20.3 Å². The van der Waals surface area contributed by atoms with Gasteiger partial charge in [0.25, 0.3) is 0 Å². The van der Waals surface area contributed by atoms with Crippen LogP contribution >= 0.6 is 0 Å². The van der Waals surface area contributed by atoms with Gasteiger partial charge in [0.2, 0.25) is 5.95 Å². The fourth-order valence-electron chi connectivity index (χ4n) is 1.51. The van der Waals surface area contributed by atoms with Crippen molar-refractivity contribution in [2.75, 3.05) is 11.9 Å². The number of nitrogens with zero attached hydrogens (tertiary/aromatic N) is 3. The van der Waals surface area contributed by atoms with Gasteiger partial charge in [-0.15, -0.1) is 0 Å². The highest BCUT2D eigenvalue weighted by molar-refractivity contribution is 5.60. The maximum Gasteiger partial charge on any atom is 0.223 e. The summed E-state index contributed by atoms with van der Waals surface area (Å²) in [5.41, 5.74) is 1.82. The molecule has 88 valence electrons. The summed E-state index contributed by atoms with van der Waals surface area (Å²) in [6.45, 7) is 4.48. The molecular formula is C12H13FN4. The van der Waals surface area contributed by atoms with Gasteiger partial charge in [-0.3, -0.25) is 4.98 Å². The van der Waals surface area contributed by atoms with E-state index < -0.39 is 5.82 Å². The summed E-state index contributed by atoms with van der Waals surface area (Å²) < 4.78 is 13.7. The molecule has 0 unspecified atom stereocenters.